The van der Waals surface area contributed by atoms with Gasteiger partial charge in [-0.1, -0.05) is 12.1 Å². The van der Waals surface area contributed by atoms with Crippen molar-refractivity contribution in [2.45, 2.75) is 38.3 Å². The maximum atomic E-state index is 8.86. The summed E-state index contributed by atoms with van der Waals surface area (Å²) in [5, 5.41) is 12.3. The predicted molar refractivity (Wildman–Crippen MR) is 60.5 cm³/mol. The number of piperazine rings is 1. The van der Waals surface area contributed by atoms with Crippen LogP contribution in [-0.2, 0) is 0 Å². The lowest BCUT2D eigenvalue weighted by Crippen LogP contribution is -2.61. The Kier molecular flexibility index (Phi) is 3.26. The number of likely N-dealkylation sites (tertiary alicyclic amines) is 1. The molecular formula is C11H21N3O. The van der Waals surface area contributed by atoms with Gasteiger partial charge in [-0.25, -0.2) is 0 Å². The molecule has 2 heterocycles. The molecule has 0 spiro atoms. The molecule has 0 aromatic heterocycles. The van der Waals surface area contributed by atoms with E-state index in [4.69, 9.17) is 5.21 Å². The zero-order valence-corrected chi connectivity index (χ0v) is 9.69. The lowest BCUT2D eigenvalue weighted by atomic mass is 9.90. The summed E-state index contributed by atoms with van der Waals surface area (Å²) in [6, 6.07) is 1.10. The normalized spacial score (nSPS) is 36.0. The molecule has 2 bridgehead atoms. The van der Waals surface area contributed by atoms with E-state index in [0.29, 0.717) is 12.1 Å². The van der Waals surface area contributed by atoms with Crippen LogP contribution in [-0.4, -0.2) is 59.5 Å². The van der Waals surface area contributed by atoms with Crippen molar-refractivity contribution in [1.29, 1.82) is 0 Å². The number of piperidine rings is 1. The van der Waals surface area contributed by atoms with Crippen molar-refractivity contribution in [2.75, 3.05) is 26.7 Å². The molecule has 2 saturated heterocycles. The van der Waals surface area contributed by atoms with Gasteiger partial charge in [-0.05, 0) is 20.0 Å². The monoisotopic (exact) mass is 211 g/mol. The van der Waals surface area contributed by atoms with Crippen LogP contribution in [0.4, 0.5) is 0 Å². The third-order valence-corrected chi connectivity index (χ3v) is 3.71. The third-order valence-electron chi connectivity index (χ3n) is 3.71. The molecule has 1 N–H and O–H groups in total. The van der Waals surface area contributed by atoms with Crippen molar-refractivity contribution in [3.05, 3.63) is 0 Å². The van der Waals surface area contributed by atoms with Gasteiger partial charge in [0.05, 0.1) is 5.71 Å². The zero-order chi connectivity index (χ0) is 10.8. The maximum Gasteiger partial charge on any atom is 0.0602 e. The predicted octanol–water partition coefficient (Wildman–Crippen LogP) is 1.00. The summed E-state index contributed by atoms with van der Waals surface area (Å²) in [4.78, 5) is 5.00. The summed E-state index contributed by atoms with van der Waals surface area (Å²) < 4.78 is 0. The highest BCUT2D eigenvalue weighted by molar-refractivity contribution is 5.86. The molecule has 0 unspecified atom stereocenters. The summed E-state index contributed by atoms with van der Waals surface area (Å²) in [7, 11) is 2.20. The van der Waals surface area contributed by atoms with Gasteiger partial charge in [0.25, 0.3) is 0 Å². The quantitative estimate of drug-likeness (QED) is 0.547. The van der Waals surface area contributed by atoms with E-state index in [9.17, 15) is 0 Å². The highest BCUT2D eigenvalue weighted by atomic mass is 16.4. The van der Waals surface area contributed by atoms with Crippen molar-refractivity contribution in [3.8, 4) is 0 Å². The molecule has 0 aromatic rings. The van der Waals surface area contributed by atoms with Gasteiger partial charge in [-0.3, -0.25) is 4.90 Å². The minimum absolute atomic E-state index is 0.551. The molecule has 0 radical (unpaired) electrons. The molecule has 15 heavy (non-hydrogen) atoms. The first kappa shape index (κ1) is 10.9. The summed E-state index contributed by atoms with van der Waals surface area (Å²) >= 11 is 0. The van der Waals surface area contributed by atoms with E-state index in [1.54, 1.807) is 0 Å². The number of hydrogen-bond acceptors (Lipinski definition) is 4. The lowest BCUT2D eigenvalue weighted by Gasteiger charge is -2.48. The van der Waals surface area contributed by atoms with Gasteiger partial charge in [0, 0.05) is 38.0 Å². The Balaban J connectivity index is 2.03. The molecule has 0 aliphatic carbocycles. The molecule has 2 aliphatic heterocycles. The minimum atomic E-state index is 0.551. The molecule has 0 aromatic carbocycles. The molecule has 2 rings (SSSR count). The van der Waals surface area contributed by atoms with E-state index in [2.05, 4.69) is 28.9 Å². The van der Waals surface area contributed by atoms with Gasteiger partial charge in [-0.15, -0.1) is 0 Å². The highest BCUT2D eigenvalue weighted by Crippen LogP contribution is 2.25. The second-order valence-electron chi connectivity index (χ2n) is 4.81. The molecule has 86 valence electrons. The Morgan fingerprint density at radius 2 is 1.93 bits per heavy atom. The molecular weight excluding hydrogens is 190 g/mol. The molecule has 0 saturated carbocycles. The van der Waals surface area contributed by atoms with Crippen molar-refractivity contribution in [3.63, 3.8) is 0 Å². The molecule has 2 atom stereocenters. The van der Waals surface area contributed by atoms with E-state index >= 15 is 0 Å². The van der Waals surface area contributed by atoms with Crippen molar-refractivity contribution in [1.82, 2.24) is 9.80 Å². The average Bonchev–Trinajstić information content (AvgIpc) is 2.20. The van der Waals surface area contributed by atoms with Crippen LogP contribution >= 0.6 is 0 Å². The number of fused-ring (bicyclic) bond motifs is 2. The van der Waals surface area contributed by atoms with Gasteiger partial charge < -0.3 is 10.1 Å². The van der Waals surface area contributed by atoms with Gasteiger partial charge >= 0.3 is 0 Å². The van der Waals surface area contributed by atoms with Crippen LogP contribution in [0.5, 0.6) is 0 Å². The fraction of sp³-hybridized carbons (Fsp3) is 0.909. The second-order valence-corrected chi connectivity index (χ2v) is 4.81. The van der Waals surface area contributed by atoms with Gasteiger partial charge in [0.15, 0.2) is 0 Å². The van der Waals surface area contributed by atoms with E-state index in [-0.39, 0.29) is 0 Å². The summed E-state index contributed by atoms with van der Waals surface area (Å²) in [6.45, 7) is 5.68. The first-order valence-electron chi connectivity index (χ1n) is 5.88. The van der Waals surface area contributed by atoms with Gasteiger partial charge in [0.1, 0.15) is 0 Å². The number of oxime groups is 1. The standard InChI is InChI=1S/C11H21N3O/c1-3-4-14-7-10-5-9(12-15)6-11(8-14)13(10)2/h10-11,15H,3-8H2,1-2H3/t10-,11+. The van der Waals surface area contributed by atoms with Crippen LogP contribution in [0, 0.1) is 0 Å². The number of nitrogens with zero attached hydrogens (tertiary/aromatic N) is 3. The Morgan fingerprint density at radius 1 is 1.33 bits per heavy atom. The number of hydrogen-bond donors (Lipinski definition) is 1. The number of rotatable bonds is 2. The minimum Gasteiger partial charge on any atom is -0.411 e. The van der Waals surface area contributed by atoms with Crippen LogP contribution in [0.1, 0.15) is 26.2 Å². The smallest absolute Gasteiger partial charge is 0.0602 e. The second kappa shape index (κ2) is 4.49. The van der Waals surface area contributed by atoms with E-state index in [1.807, 2.05) is 0 Å². The largest absolute Gasteiger partial charge is 0.411 e. The molecule has 0 amide bonds. The zero-order valence-electron chi connectivity index (χ0n) is 9.69. The summed E-state index contributed by atoms with van der Waals surface area (Å²) in [6.07, 6.45) is 3.09. The Hall–Kier alpha value is -0.610. The lowest BCUT2D eigenvalue weighted by molar-refractivity contribution is 0.0377. The Labute approximate surface area is 91.5 Å². The van der Waals surface area contributed by atoms with Crippen molar-refractivity contribution < 1.29 is 5.21 Å². The van der Waals surface area contributed by atoms with Crippen LogP contribution in [0.15, 0.2) is 5.16 Å². The highest BCUT2D eigenvalue weighted by Gasteiger charge is 2.37. The molecule has 4 nitrogen and oxygen atoms in total. The van der Waals surface area contributed by atoms with Crippen LogP contribution in [0.2, 0.25) is 0 Å². The van der Waals surface area contributed by atoms with Crippen LogP contribution < -0.4 is 0 Å². The first-order chi connectivity index (χ1) is 7.24. The Morgan fingerprint density at radius 3 is 2.40 bits per heavy atom. The first-order valence-corrected chi connectivity index (χ1v) is 5.88. The topological polar surface area (TPSA) is 39.1 Å². The van der Waals surface area contributed by atoms with E-state index in [0.717, 1.165) is 31.6 Å². The molecule has 4 heteroatoms. The van der Waals surface area contributed by atoms with Crippen LogP contribution in [0.3, 0.4) is 0 Å². The van der Waals surface area contributed by atoms with Crippen molar-refractivity contribution >= 4 is 5.71 Å². The Bertz CT molecular complexity index is 236. The third kappa shape index (κ3) is 2.16. The van der Waals surface area contributed by atoms with Gasteiger partial charge in [-0.2, -0.15) is 0 Å². The van der Waals surface area contributed by atoms with E-state index in [1.165, 1.54) is 13.0 Å². The van der Waals surface area contributed by atoms with Gasteiger partial charge in [0.2, 0.25) is 0 Å². The maximum absolute atomic E-state index is 8.86. The SMILES string of the molecule is CCCN1C[C@H]2CC(=NO)C[C@@H](C1)N2C. The fourth-order valence-corrected chi connectivity index (χ4v) is 2.85. The molecule has 2 aliphatic rings. The van der Waals surface area contributed by atoms with E-state index < -0.39 is 0 Å². The van der Waals surface area contributed by atoms with Crippen LogP contribution in [0.25, 0.3) is 0 Å². The summed E-state index contributed by atoms with van der Waals surface area (Å²) in [5.41, 5.74) is 0.985. The molecule has 2 fully saturated rings. The number of likely N-dealkylation sites (N-methyl/N-ethyl adjacent to an activating group) is 1. The fourth-order valence-electron chi connectivity index (χ4n) is 2.85. The van der Waals surface area contributed by atoms with Crippen molar-refractivity contribution in [2.24, 2.45) is 5.16 Å². The average molecular weight is 211 g/mol. The summed E-state index contributed by atoms with van der Waals surface area (Å²) in [5.74, 6) is 0.